The molecule has 0 bridgehead atoms. The summed E-state index contributed by atoms with van der Waals surface area (Å²) in [7, 11) is -3.65. The molecule has 0 aliphatic carbocycles. The van der Waals surface area contributed by atoms with E-state index >= 15 is 0 Å². The van der Waals surface area contributed by atoms with Gasteiger partial charge in [-0.25, -0.2) is 17.8 Å². The number of hydrazone groups is 1. The molecule has 180 valence electrons. The maximum Gasteiger partial charge on any atom is 0.280 e. The average molecular weight is 511 g/mol. The van der Waals surface area contributed by atoms with E-state index in [4.69, 9.17) is 0 Å². The van der Waals surface area contributed by atoms with Crippen molar-refractivity contribution in [2.75, 3.05) is 18.1 Å². The molecule has 7 nitrogen and oxygen atoms in total. The maximum absolute atomic E-state index is 13.7. The lowest BCUT2D eigenvalue weighted by Crippen LogP contribution is -2.30. The van der Waals surface area contributed by atoms with Crippen molar-refractivity contribution in [3.05, 3.63) is 89.7 Å². The van der Waals surface area contributed by atoms with Crippen LogP contribution < -0.4 is 5.01 Å². The van der Waals surface area contributed by atoms with Crippen molar-refractivity contribution in [2.45, 2.75) is 18.7 Å². The van der Waals surface area contributed by atoms with E-state index in [2.05, 4.69) is 10.1 Å². The zero-order valence-corrected chi connectivity index (χ0v) is 20.8. The Kier molecular flexibility index (Phi) is 7.34. The van der Waals surface area contributed by atoms with Crippen LogP contribution in [0.25, 0.3) is 10.2 Å². The first-order valence-corrected chi connectivity index (χ1v) is 13.2. The van der Waals surface area contributed by atoms with Crippen LogP contribution >= 0.6 is 11.3 Å². The average Bonchev–Trinajstić information content (AvgIpc) is 3.28. The number of aromatic nitrogens is 1. The van der Waals surface area contributed by atoms with Gasteiger partial charge in [0.05, 0.1) is 21.3 Å². The molecule has 3 aromatic carbocycles. The standard InChI is InChI=1S/C25H23FN4O3S2/c1-3-29(4-2)35(32,33)21-13-10-19(11-14-21)24(31)30(27-17-18-8-6-5-7-9-18)25-28-22-15-12-20(26)16-23(22)34-25/h5-17H,3-4H2,1-2H3/b27-17+. The Hall–Kier alpha value is -3.47. The number of carbonyl (C=O) groups is 1. The maximum atomic E-state index is 13.7. The number of rotatable bonds is 8. The summed E-state index contributed by atoms with van der Waals surface area (Å²) in [6.45, 7) is 4.23. The van der Waals surface area contributed by atoms with Gasteiger partial charge in [0, 0.05) is 18.7 Å². The van der Waals surface area contributed by atoms with Crippen LogP contribution in [0.15, 0.2) is 82.8 Å². The first kappa shape index (κ1) is 24.6. The van der Waals surface area contributed by atoms with Crippen molar-refractivity contribution in [3.63, 3.8) is 0 Å². The molecule has 0 aliphatic rings. The highest BCUT2D eigenvalue weighted by atomic mass is 32.2. The van der Waals surface area contributed by atoms with Gasteiger partial charge in [0.25, 0.3) is 5.91 Å². The third kappa shape index (κ3) is 5.29. The highest BCUT2D eigenvalue weighted by Gasteiger charge is 2.24. The van der Waals surface area contributed by atoms with Crippen molar-refractivity contribution in [3.8, 4) is 0 Å². The molecule has 0 atom stereocenters. The second-order valence-corrected chi connectivity index (χ2v) is 10.4. The summed E-state index contributed by atoms with van der Waals surface area (Å²) in [5, 5.41) is 5.78. The topological polar surface area (TPSA) is 82.9 Å². The summed E-state index contributed by atoms with van der Waals surface area (Å²) in [6, 6.07) is 19.2. The number of nitrogens with zero attached hydrogens (tertiary/aromatic N) is 4. The largest absolute Gasteiger partial charge is 0.280 e. The minimum Gasteiger partial charge on any atom is -0.267 e. The fraction of sp³-hybridized carbons (Fsp3) is 0.160. The number of benzene rings is 3. The molecule has 35 heavy (non-hydrogen) atoms. The summed E-state index contributed by atoms with van der Waals surface area (Å²) < 4.78 is 41.2. The lowest BCUT2D eigenvalue weighted by atomic mass is 10.2. The van der Waals surface area contributed by atoms with Gasteiger partial charge < -0.3 is 0 Å². The molecule has 0 saturated carbocycles. The third-order valence-corrected chi connectivity index (χ3v) is 8.34. The highest BCUT2D eigenvalue weighted by Crippen LogP contribution is 2.31. The van der Waals surface area contributed by atoms with Crippen molar-refractivity contribution < 1.29 is 17.6 Å². The third-order valence-electron chi connectivity index (χ3n) is 5.28. The van der Waals surface area contributed by atoms with E-state index in [1.807, 2.05) is 30.3 Å². The molecule has 1 aromatic heterocycles. The van der Waals surface area contributed by atoms with Gasteiger partial charge in [-0.2, -0.15) is 14.4 Å². The molecule has 4 aromatic rings. The van der Waals surface area contributed by atoms with Crippen LogP contribution in [0, 0.1) is 5.82 Å². The van der Waals surface area contributed by atoms with Gasteiger partial charge in [0.1, 0.15) is 5.82 Å². The van der Waals surface area contributed by atoms with Crippen molar-refractivity contribution in [1.29, 1.82) is 0 Å². The molecule has 10 heteroatoms. The van der Waals surface area contributed by atoms with Gasteiger partial charge in [-0.1, -0.05) is 55.5 Å². The second kappa shape index (κ2) is 10.4. The number of halogens is 1. The Morgan fingerprint density at radius 3 is 2.37 bits per heavy atom. The molecule has 0 saturated heterocycles. The van der Waals surface area contributed by atoms with Crippen LogP contribution in [0.4, 0.5) is 9.52 Å². The number of amides is 1. The molecule has 0 unspecified atom stereocenters. The summed E-state index contributed by atoms with van der Waals surface area (Å²) >= 11 is 1.13. The van der Waals surface area contributed by atoms with Crippen molar-refractivity contribution in [1.82, 2.24) is 9.29 Å². The van der Waals surface area contributed by atoms with Crippen LogP contribution in [0.2, 0.25) is 0 Å². The first-order valence-electron chi connectivity index (χ1n) is 10.9. The minimum atomic E-state index is -3.65. The smallest absolute Gasteiger partial charge is 0.267 e. The summed E-state index contributed by atoms with van der Waals surface area (Å²) in [5.74, 6) is -0.896. The van der Waals surface area contributed by atoms with Gasteiger partial charge >= 0.3 is 0 Å². The monoisotopic (exact) mass is 510 g/mol. The van der Waals surface area contributed by atoms with E-state index in [1.54, 1.807) is 19.9 Å². The van der Waals surface area contributed by atoms with Crippen LogP contribution in [-0.2, 0) is 10.0 Å². The molecule has 1 heterocycles. The number of carbonyl (C=O) groups excluding carboxylic acids is 1. The summed E-state index contributed by atoms with van der Waals surface area (Å²) in [4.78, 5) is 18.0. The Labute approximate surface area is 207 Å². The Bertz CT molecular complexity index is 1470. The van der Waals surface area contributed by atoms with Gasteiger partial charge in [-0.3, -0.25) is 4.79 Å². The molecule has 4 rings (SSSR count). The van der Waals surface area contributed by atoms with Gasteiger partial charge in [-0.05, 0) is 48.0 Å². The normalized spacial score (nSPS) is 12.0. The Morgan fingerprint density at radius 2 is 1.71 bits per heavy atom. The van der Waals surface area contributed by atoms with E-state index in [-0.39, 0.29) is 15.6 Å². The summed E-state index contributed by atoms with van der Waals surface area (Å²) in [6.07, 6.45) is 1.53. The Morgan fingerprint density at radius 1 is 1.03 bits per heavy atom. The molecule has 0 aliphatic heterocycles. The zero-order valence-electron chi connectivity index (χ0n) is 19.1. The molecule has 0 N–H and O–H groups in total. The minimum absolute atomic E-state index is 0.104. The molecular formula is C25H23FN4O3S2. The molecule has 0 fully saturated rings. The second-order valence-electron chi connectivity index (χ2n) is 7.49. The molecular weight excluding hydrogens is 487 g/mol. The van der Waals surface area contributed by atoms with Crippen LogP contribution in [0.5, 0.6) is 0 Å². The molecule has 0 spiro atoms. The SMILES string of the molecule is CCN(CC)S(=O)(=O)c1ccc(C(=O)N(/N=C/c2ccccc2)c2nc3ccc(F)cc3s2)cc1. The fourth-order valence-corrected chi connectivity index (χ4v) is 5.84. The first-order chi connectivity index (χ1) is 16.8. The number of sulfonamides is 1. The zero-order chi connectivity index (χ0) is 25.0. The number of fused-ring (bicyclic) bond motifs is 1. The predicted molar refractivity (Wildman–Crippen MR) is 137 cm³/mol. The van der Waals surface area contributed by atoms with Gasteiger partial charge in [0.15, 0.2) is 0 Å². The van der Waals surface area contributed by atoms with E-state index in [1.165, 1.54) is 46.9 Å². The fourth-order valence-electron chi connectivity index (χ4n) is 3.43. The predicted octanol–water partition coefficient (Wildman–Crippen LogP) is 5.15. The quantitative estimate of drug-likeness (QED) is 0.243. The number of anilines is 1. The highest BCUT2D eigenvalue weighted by molar-refractivity contribution is 7.89. The molecule has 1 amide bonds. The number of thiazole rings is 1. The lowest BCUT2D eigenvalue weighted by Gasteiger charge is -2.19. The number of hydrogen-bond acceptors (Lipinski definition) is 6. The summed E-state index contributed by atoms with van der Waals surface area (Å²) in [5.41, 5.74) is 1.55. The van der Waals surface area contributed by atoms with Crippen LogP contribution in [-0.4, -0.2) is 42.9 Å². The van der Waals surface area contributed by atoms with Crippen molar-refractivity contribution >= 4 is 48.8 Å². The molecule has 0 radical (unpaired) electrons. The van der Waals surface area contributed by atoms with E-state index in [0.717, 1.165) is 21.9 Å². The van der Waals surface area contributed by atoms with Crippen molar-refractivity contribution in [2.24, 2.45) is 5.10 Å². The van der Waals surface area contributed by atoms with E-state index in [9.17, 15) is 17.6 Å². The lowest BCUT2D eigenvalue weighted by molar-refractivity contribution is 0.0987. The van der Waals surface area contributed by atoms with Crippen LogP contribution in [0.1, 0.15) is 29.8 Å². The van der Waals surface area contributed by atoms with E-state index < -0.39 is 21.7 Å². The van der Waals surface area contributed by atoms with Gasteiger partial charge in [0.2, 0.25) is 15.2 Å². The van der Waals surface area contributed by atoms with E-state index in [0.29, 0.717) is 23.3 Å². The number of hydrogen-bond donors (Lipinski definition) is 0. The Balaban J connectivity index is 1.71. The van der Waals surface area contributed by atoms with Crippen LogP contribution in [0.3, 0.4) is 0 Å². The van der Waals surface area contributed by atoms with Gasteiger partial charge in [-0.15, -0.1) is 0 Å².